The van der Waals surface area contributed by atoms with Gasteiger partial charge in [-0.1, -0.05) is 29.3 Å². The Morgan fingerprint density at radius 3 is 2.42 bits per heavy atom. The summed E-state index contributed by atoms with van der Waals surface area (Å²) in [6.45, 7) is 1.85. The lowest BCUT2D eigenvalue weighted by atomic mass is 10.1. The second kappa shape index (κ2) is 8.37. The van der Waals surface area contributed by atoms with Crippen molar-refractivity contribution in [3.8, 4) is 0 Å². The number of halogens is 1. The molecule has 10 heteroatoms. The van der Waals surface area contributed by atoms with Crippen LogP contribution in [0.5, 0.6) is 0 Å². The van der Waals surface area contributed by atoms with E-state index >= 15 is 0 Å². The van der Waals surface area contributed by atoms with E-state index in [0.29, 0.717) is 5.56 Å². The largest absolute Gasteiger partial charge is 0.298 e. The van der Waals surface area contributed by atoms with Crippen molar-refractivity contribution in [1.29, 1.82) is 0 Å². The monoisotopic (exact) mass is 392 g/mol. The number of nitro groups is 1. The summed E-state index contributed by atoms with van der Waals surface area (Å²) in [5.41, 5.74) is 5.53. The lowest BCUT2D eigenvalue weighted by Crippen LogP contribution is -2.48. The van der Waals surface area contributed by atoms with Crippen molar-refractivity contribution >= 4 is 46.4 Å². The minimum absolute atomic E-state index is 0.00131. The van der Waals surface area contributed by atoms with Crippen LogP contribution in [-0.4, -0.2) is 21.9 Å². The van der Waals surface area contributed by atoms with Crippen LogP contribution in [0.1, 0.15) is 26.3 Å². The highest BCUT2D eigenvalue weighted by atomic mass is 35.5. The zero-order valence-electron chi connectivity index (χ0n) is 13.4. The van der Waals surface area contributed by atoms with Crippen LogP contribution in [0.25, 0.3) is 0 Å². The Kier molecular flexibility index (Phi) is 6.21. The van der Waals surface area contributed by atoms with E-state index in [9.17, 15) is 19.7 Å². The summed E-state index contributed by atoms with van der Waals surface area (Å²) in [4.78, 5) is 34.2. The number of rotatable bonds is 3. The Balaban J connectivity index is 1.95. The minimum atomic E-state index is -0.695. The van der Waals surface area contributed by atoms with E-state index in [2.05, 4.69) is 16.2 Å². The number of aryl methyl sites for hydroxylation is 1. The maximum atomic E-state index is 12.0. The first-order valence-electron chi connectivity index (χ1n) is 7.20. The van der Waals surface area contributed by atoms with Crippen LogP contribution in [0.2, 0.25) is 5.02 Å². The van der Waals surface area contributed by atoms with Crippen molar-refractivity contribution in [3.63, 3.8) is 0 Å². The quantitative estimate of drug-likeness (QED) is 0.420. The van der Waals surface area contributed by atoms with Crippen molar-refractivity contribution in [2.75, 3.05) is 0 Å². The Morgan fingerprint density at radius 1 is 1.08 bits per heavy atom. The number of hydrogen-bond acceptors (Lipinski definition) is 5. The van der Waals surface area contributed by atoms with Gasteiger partial charge in [-0.05, 0) is 43.4 Å². The van der Waals surface area contributed by atoms with E-state index in [1.165, 1.54) is 12.1 Å². The molecule has 0 fully saturated rings. The maximum Gasteiger partial charge on any atom is 0.288 e. The fourth-order valence-electron chi connectivity index (χ4n) is 1.97. The standard InChI is InChI=1S/C16H13ClN4O4S/c1-9-3-2-4-10(7-9)14(22)18-16(26)20-19-15(23)11-5-6-12(17)13(8-11)21(24)25/h2-8H,1H3,(H,19,23)(H2,18,20,22,26). The normalized spacial score (nSPS) is 9.92. The predicted molar refractivity (Wildman–Crippen MR) is 100.0 cm³/mol. The number of carbonyl (C=O) groups excluding carboxylic acids is 2. The van der Waals surface area contributed by atoms with Crippen LogP contribution >= 0.6 is 23.8 Å². The highest BCUT2D eigenvalue weighted by Gasteiger charge is 2.16. The first kappa shape index (κ1) is 19.3. The molecule has 26 heavy (non-hydrogen) atoms. The highest BCUT2D eigenvalue weighted by Crippen LogP contribution is 2.24. The van der Waals surface area contributed by atoms with E-state index in [-0.39, 0.29) is 15.7 Å². The molecule has 0 unspecified atom stereocenters. The number of hydrazine groups is 1. The SMILES string of the molecule is Cc1cccc(C(=O)NC(=S)NNC(=O)c2ccc(Cl)c([N+](=O)[O-])c2)c1. The number of amides is 2. The summed E-state index contributed by atoms with van der Waals surface area (Å²) < 4.78 is 0. The van der Waals surface area contributed by atoms with Gasteiger partial charge in [0.2, 0.25) is 0 Å². The summed E-state index contributed by atoms with van der Waals surface area (Å²) in [6.07, 6.45) is 0. The van der Waals surface area contributed by atoms with Gasteiger partial charge in [-0.3, -0.25) is 35.9 Å². The van der Waals surface area contributed by atoms with Crippen LogP contribution in [0, 0.1) is 17.0 Å². The van der Waals surface area contributed by atoms with E-state index in [1.807, 2.05) is 13.0 Å². The van der Waals surface area contributed by atoms with Gasteiger partial charge in [0.15, 0.2) is 5.11 Å². The van der Waals surface area contributed by atoms with Crippen molar-refractivity contribution in [2.24, 2.45) is 0 Å². The van der Waals surface area contributed by atoms with Gasteiger partial charge in [-0.15, -0.1) is 0 Å². The third-order valence-electron chi connectivity index (χ3n) is 3.20. The molecule has 0 saturated carbocycles. The van der Waals surface area contributed by atoms with Crippen LogP contribution in [0.15, 0.2) is 42.5 Å². The Bertz CT molecular complexity index is 904. The van der Waals surface area contributed by atoms with Gasteiger partial charge in [0, 0.05) is 17.2 Å². The molecular formula is C16H13ClN4O4S. The lowest BCUT2D eigenvalue weighted by molar-refractivity contribution is -0.384. The summed E-state index contributed by atoms with van der Waals surface area (Å²) in [7, 11) is 0. The van der Waals surface area contributed by atoms with Crippen LogP contribution in [-0.2, 0) is 0 Å². The number of nitrogens with zero attached hydrogens (tertiary/aromatic N) is 1. The summed E-state index contributed by atoms with van der Waals surface area (Å²) in [5, 5.41) is 13.0. The van der Waals surface area contributed by atoms with Gasteiger partial charge in [0.05, 0.1) is 4.92 Å². The van der Waals surface area contributed by atoms with Crippen LogP contribution < -0.4 is 16.2 Å². The van der Waals surface area contributed by atoms with Crippen molar-refractivity contribution in [1.82, 2.24) is 16.2 Å². The van der Waals surface area contributed by atoms with E-state index in [1.54, 1.807) is 18.2 Å². The van der Waals surface area contributed by atoms with Crippen molar-refractivity contribution in [2.45, 2.75) is 6.92 Å². The zero-order valence-corrected chi connectivity index (χ0v) is 15.0. The summed E-state index contributed by atoms with van der Waals surface area (Å²) >= 11 is 10.6. The number of nitrogens with one attached hydrogen (secondary N) is 3. The number of benzene rings is 2. The van der Waals surface area contributed by atoms with Gasteiger partial charge in [0.25, 0.3) is 17.5 Å². The molecule has 0 aliphatic heterocycles. The molecule has 0 bridgehead atoms. The van der Waals surface area contributed by atoms with E-state index in [0.717, 1.165) is 11.6 Å². The average molecular weight is 393 g/mol. The number of carbonyl (C=O) groups is 2. The number of nitro benzene ring substituents is 1. The first-order chi connectivity index (χ1) is 12.3. The third-order valence-corrected chi connectivity index (χ3v) is 3.73. The van der Waals surface area contributed by atoms with Crippen LogP contribution in [0.3, 0.4) is 0 Å². The minimum Gasteiger partial charge on any atom is -0.298 e. The first-order valence-corrected chi connectivity index (χ1v) is 7.99. The third kappa shape index (κ3) is 4.98. The molecule has 0 radical (unpaired) electrons. The average Bonchev–Trinajstić information content (AvgIpc) is 2.59. The van der Waals surface area contributed by atoms with Crippen LogP contribution in [0.4, 0.5) is 5.69 Å². The Hall–Kier alpha value is -3.04. The smallest absolute Gasteiger partial charge is 0.288 e. The second-order valence-electron chi connectivity index (χ2n) is 5.16. The van der Waals surface area contributed by atoms with Gasteiger partial charge < -0.3 is 0 Å². The van der Waals surface area contributed by atoms with Crippen molar-refractivity contribution < 1.29 is 14.5 Å². The highest BCUT2D eigenvalue weighted by molar-refractivity contribution is 7.80. The zero-order chi connectivity index (χ0) is 19.3. The van der Waals surface area contributed by atoms with Crippen molar-refractivity contribution in [3.05, 3.63) is 74.3 Å². The van der Waals surface area contributed by atoms with E-state index < -0.39 is 22.4 Å². The molecule has 0 heterocycles. The molecule has 0 aliphatic rings. The molecule has 2 amide bonds. The predicted octanol–water partition coefficient (Wildman–Crippen LogP) is 2.51. The molecule has 2 rings (SSSR count). The molecule has 0 spiro atoms. The lowest BCUT2D eigenvalue weighted by Gasteiger charge is -2.11. The summed E-state index contributed by atoms with van der Waals surface area (Å²) in [6, 6.07) is 10.5. The Labute approximate surface area is 158 Å². The molecule has 2 aromatic rings. The molecule has 134 valence electrons. The molecule has 0 atom stereocenters. The molecule has 2 aromatic carbocycles. The molecule has 0 aliphatic carbocycles. The molecule has 0 aromatic heterocycles. The fraction of sp³-hybridized carbons (Fsp3) is 0.0625. The number of hydrogen-bond donors (Lipinski definition) is 3. The van der Waals surface area contributed by atoms with E-state index in [4.69, 9.17) is 23.8 Å². The Morgan fingerprint density at radius 2 is 1.77 bits per heavy atom. The molecule has 0 saturated heterocycles. The number of thiocarbonyl (C=S) groups is 1. The second-order valence-corrected chi connectivity index (χ2v) is 5.97. The van der Waals surface area contributed by atoms with Gasteiger partial charge in [-0.25, -0.2) is 0 Å². The van der Waals surface area contributed by atoms with Gasteiger partial charge in [0.1, 0.15) is 5.02 Å². The van der Waals surface area contributed by atoms with Gasteiger partial charge in [-0.2, -0.15) is 0 Å². The molecule has 8 nitrogen and oxygen atoms in total. The fourth-order valence-corrected chi connectivity index (χ4v) is 2.30. The summed E-state index contributed by atoms with van der Waals surface area (Å²) in [5.74, 6) is -1.13. The molecular weight excluding hydrogens is 380 g/mol. The topological polar surface area (TPSA) is 113 Å². The molecule has 3 N–H and O–H groups in total. The maximum absolute atomic E-state index is 12.0. The van der Waals surface area contributed by atoms with Gasteiger partial charge >= 0.3 is 0 Å².